The third-order valence-electron chi connectivity index (χ3n) is 9.91. The van der Waals surface area contributed by atoms with Crippen LogP contribution in [0.25, 0.3) is 10.8 Å². The molecule has 0 spiro atoms. The number of nitrogens with one attached hydrogen (secondary N) is 2. The third kappa shape index (κ3) is 7.31. The van der Waals surface area contributed by atoms with E-state index in [0.717, 1.165) is 33.0 Å². The first kappa shape index (κ1) is 35.7. The van der Waals surface area contributed by atoms with Crippen LogP contribution in [-0.2, 0) is 32.9 Å². The maximum absolute atomic E-state index is 13.5. The fourth-order valence-corrected chi connectivity index (χ4v) is 7.25. The Morgan fingerprint density at radius 3 is 1.98 bits per heavy atom. The van der Waals surface area contributed by atoms with Gasteiger partial charge in [-0.2, -0.15) is 0 Å². The van der Waals surface area contributed by atoms with Gasteiger partial charge in [-0.15, -0.1) is 0 Å². The maximum atomic E-state index is 13.5. The fraction of sp³-hybridized carbons (Fsp3) is 0.182. The van der Waals surface area contributed by atoms with Crippen molar-refractivity contribution < 1.29 is 29.0 Å². The Labute approximate surface area is 313 Å². The fourth-order valence-electron chi connectivity index (χ4n) is 7.25. The van der Waals surface area contributed by atoms with Crippen LogP contribution in [0.5, 0.6) is 5.75 Å². The second kappa shape index (κ2) is 15.9. The summed E-state index contributed by atoms with van der Waals surface area (Å²) in [5.74, 6) is -0.575. The van der Waals surface area contributed by atoms with Crippen molar-refractivity contribution in [2.24, 2.45) is 0 Å². The smallest absolute Gasteiger partial charge is 0.408 e. The summed E-state index contributed by atoms with van der Waals surface area (Å²) in [7, 11) is 1.54. The first-order valence-electron chi connectivity index (χ1n) is 17.8. The van der Waals surface area contributed by atoms with Gasteiger partial charge in [-0.3, -0.25) is 4.79 Å². The molecule has 1 fully saturated rings. The highest BCUT2D eigenvalue weighted by Gasteiger charge is 2.41. The normalized spacial score (nSPS) is 14.7. The molecule has 7 rings (SSSR count). The summed E-state index contributed by atoms with van der Waals surface area (Å²) < 4.78 is 11.2. The molecule has 2 amide bonds. The number of carboxylic acid groups (broad SMARTS) is 1. The van der Waals surface area contributed by atoms with Crippen LogP contribution >= 0.6 is 0 Å². The number of methoxy groups -OCH3 is 1. The van der Waals surface area contributed by atoms with Crippen molar-refractivity contribution in [3.8, 4) is 5.75 Å². The van der Waals surface area contributed by atoms with Crippen LogP contribution in [0, 0.1) is 0 Å². The van der Waals surface area contributed by atoms with E-state index in [4.69, 9.17) is 14.5 Å². The van der Waals surface area contributed by atoms with Crippen LogP contribution in [0.3, 0.4) is 0 Å². The summed E-state index contributed by atoms with van der Waals surface area (Å²) in [5, 5.41) is 18.4. The second-order valence-corrected chi connectivity index (χ2v) is 13.2. The molecule has 0 saturated carbocycles. The minimum Gasteiger partial charge on any atom is -0.496 e. The number of rotatable bonds is 13. The van der Waals surface area contributed by atoms with E-state index in [1.54, 1.807) is 6.20 Å². The number of carbonyl (C=O) groups is 3. The van der Waals surface area contributed by atoms with Gasteiger partial charge in [0.15, 0.2) is 0 Å². The number of pyridine rings is 1. The van der Waals surface area contributed by atoms with Crippen molar-refractivity contribution in [1.82, 2.24) is 15.2 Å². The minimum atomic E-state index is -1.20. The molecule has 1 aliphatic rings. The lowest BCUT2D eigenvalue weighted by molar-refractivity contribution is -0.148. The third-order valence-corrected chi connectivity index (χ3v) is 9.91. The van der Waals surface area contributed by atoms with E-state index in [1.165, 1.54) is 12.0 Å². The van der Waals surface area contributed by atoms with Crippen molar-refractivity contribution >= 4 is 34.6 Å². The van der Waals surface area contributed by atoms with E-state index in [0.29, 0.717) is 17.1 Å². The van der Waals surface area contributed by atoms with E-state index in [1.807, 2.05) is 103 Å². The second-order valence-electron chi connectivity index (χ2n) is 13.2. The van der Waals surface area contributed by atoms with Gasteiger partial charge >= 0.3 is 12.1 Å². The lowest BCUT2D eigenvalue weighted by Crippen LogP contribution is -2.48. The molecule has 54 heavy (non-hydrogen) atoms. The zero-order chi connectivity index (χ0) is 37.5. The summed E-state index contributed by atoms with van der Waals surface area (Å²) in [6.45, 7) is 0.211. The van der Waals surface area contributed by atoms with Gasteiger partial charge in [0.05, 0.1) is 7.11 Å². The molecule has 10 heteroatoms. The zero-order valence-corrected chi connectivity index (χ0v) is 29.7. The molecule has 0 radical (unpaired) electrons. The predicted octanol–water partition coefficient (Wildman–Crippen LogP) is 7.17. The monoisotopic (exact) mass is 720 g/mol. The number of alkyl carbamates (subject to hydrolysis) is 1. The van der Waals surface area contributed by atoms with Crippen molar-refractivity contribution in [1.29, 1.82) is 0 Å². The van der Waals surface area contributed by atoms with Crippen LogP contribution in [0.15, 0.2) is 146 Å². The van der Waals surface area contributed by atoms with Gasteiger partial charge < -0.3 is 30.1 Å². The number of anilines is 1. The largest absolute Gasteiger partial charge is 0.496 e. The predicted molar refractivity (Wildman–Crippen MR) is 206 cm³/mol. The molecular formula is C44H40N4O6. The van der Waals surface area contributed by atoms with Crippen LogP contribution < -0.4 is 15.4 Å². The Kier molecular flexibility index (Phi) is 10.5. The van der Waals surface area contributed by atoms with Crippen LogP contribution in [0.1, 0.15) is 34.2 Å². The summed E-state index contributed by atoms with van der Waals surface area (Å²) in [6, 6.07) is 43.4. The minimum absolute atomic E-state index is 0.0154. The summed E-state index contributed by atoms with van der Waals surface area (Å²) >= 11 is 0. The lowest BCUT2D eigenvalue weighted by Gasteiger charge is -2.37. The number of nitrogens with zero attached hydrogens (tertiary/aromatic N) is 2. The first-order chi connectivity index (χ1) is 26.4. The number of carboxylic acids is 1. The average Bonchev–Trinajstić information content (AvgIpc) is 3.57. The van der Waals surface area contributed by atoms with Gasteiger partial charge in [0.2, 0.25) is 5.91 Å². The maximum Gasteiger partial charge on any atom is 0.408 e. The van der Waals surface area contributed by atoms with E-state index in [-0.39, 0.29) is 26.0 Å². The molecule has 10 nitrogen and oxygen atoms in total. The molecule has 2 heterocycles. The van der Waals surface area contributed by atoms with Gasteiger partial charge in [0.25, 0.3) is 0 Å². The van der Waals surface area contributed by atoms with Gasteiger partial charge in [-0.1, -0.05) is 121 Å². The van der Waals surface area contributed by atoms with E-state index in [2.05, 4.69) is 47.0 Å². The van der Waals surface area contributed by atoms with Crippen molar-refractivity contribution in [2.45, 2.75) is 37.1 Å². The number of amides is 2. The number of hydrogen-bond donors (Lipinski definition) is 3. The van der Waals surface area contributed by atoms with Crippen LogP contribution in [0.2, 0.25) is 0 Å². The Morgan fingerprint density at radius 1 is 0.852 bits per heavy atom. The highest BCUT2D eigenvalue weighted by molar-refractivity contribution is 5.95. The Hall–Kier alpha value is -6.68. The van der Waals surface area contributed by atoms with Gasteiger partial charge in [-0.05, 0) is 57.8 Å². The van der Waals surface area contributed by atoms with E-state index >= 15 is 0 Å². The topological polar surface area (TPSA) is 130 Å². The molecule has 1 aromatic heterocycles. The summed E-state index contributed by atoms with van der Waals surface area (Å²) in [4.78, 5) is 44.9. The van der Waals surface area contributed by atoms with Gasteiger partial charge in [-0.25, -0.2) is 14.6 Å². The summed E-state index contributed by atoms with van der Waals surface area (Å²) in [5.41, 5.74) is 3.63. The number of aromatic nitrogens is 1. The van der Waals surface area contributed by atoms with Crippen molar-refractivity contribution in [2.75, 3.05) is 19.0 Å². The molecule has 272 valence electrons. The number of fused-ring (bicyclic) bond motifs is 1. The molecule has 1 aliphatic heterocycles. The number of ether oxygens (including phenoxy) is 2. The van der Waals surface area contributed by atoms with Gasteiger partial charge in [0.1, 0.15) is 35.8 Å². The Bertz CT molecular complexity index is 2140. The highest BCUT2D eigenvalue weighted by atomic mass is 16.5. The number of hydrogen-bond acceptors (Lipinski definition) is 7. The number of carbonyl (C=O) groups excluding carboxylic acids is 2. The molecule has 0 unspecified atom stereocenters. The van der Waals surface area contributed by atoms with Crippen molar-refractivity contribution in [3.05, 3.63) is 174 Å². The van der Waals surface area contributed by atoms with E-state index in [9.17, 15) is 19.5 Å². The quantitative estimate of drug-likeness (QED) is 0.107. The molecule has 0 aliphatic carbocycles. The summed E-state index contributed by atoms with van der Waals surface area (Å²) in [6.07, 6.45) is 1.22. The zero-order valence-electron chi connectivity index (χ0n) is 29.7. The molecular weight excluding hydrogens is 681 g/mol. The molecule has 6 aromatic rings. The Morgan fingerprint density at radius 2 is 1.43 bits per heavy atom. The number of aliphatic carboxylic acids is 1. The SMILES string of the molecule is COc1cc2c(NC(c3ccccc3)(c3ccccc3)c3ccccc3)nccc2cc1C[C@H](C(=O)O)N1CC[C@H](NC(=O)OCc2ccccc2)C1=O. The molecule has 2 atom stereocenters. The van der Waals surface area contributed by atoms with Gasteiger partial charge in [0, 0.05) is 24.5 Å². The molecule has 0 bridgehead atoms. The lowest BCUT2D eigenvalue weighted by atomic mass is 9.77. The van der Waals surface area contributed by atoms with Crippen LogP contribution in [-0.4, -0.2) is 58.7 Å². The highest BCUT2D eigenvalue weighted by Crippen LogP contribution is 2.42. The molecule has 5 aromatic carbocycles. The first-order valence-corrected chi connectivity index (χ1v) is 17.8. The molecule has 1 saturated heterocycles. The van der Waals surface area contributed by atoms with Crippen molar-refractivity contribution in [3.63, 3.8) is 0 Å². The number of likely N-dealkylation sites (tertiary alicyclic amines) is 1. The number of benzene rings is 5. The van der Waals surface area contributed by atoms with Crippen LogP contribution in [0.4, 0.5) is 10.6 Å². The molecule has 3 N–H and O–H groups in total. The van der Waals surface area contributed by atoms with E-state index < -0.39 is 35.6 Å². The standard InChI is InChI=1S/C44H40N4O6/c1-53-39-28-36-31(26-32(39)27-38(42(50)51)48-25-23-37(41(48)49)46-43(52)54-29-30-14-6-2-7-15-30)22-24-45-40(36)47-44(33-16-8-3-9-17-33,34-18-10-4-11-19-34)35-20-12-5-13-21-35/h2-22,24,26,28,37-38H,23,25,27,29H2,1H3,(H,45,47)(H,46,52)(H,50,51)/t37-,38+/m0/s1. The average molecular weight is 721 g/mol. The Balaban J connectivity index is 1.18.